The Morgan fingerprint density at radius 2 is 1.50 bits per heavy atom. The summed E-state index contributed by atoms with van der Waals surface area (Å²) in [5.74, 6) is 0. The summed E-state index contributed by atoms with van der Waals surface area (Å²) in [7, 11) is -8.96. The molecule has 2 rings (SSSR count). The van der Waals surface area contributed by atoms with Crippen molar-refractivity contribution < 1.29 is 25.9 Å². The fraction of sp³-hybridized carbons (Fsp3) is 0. The zero-order valence-electron chi connectivity index (χ0n) is 10.1. The van der Waals surface area contributed by atoms with Gasteiger partial charge in [-0.2, -0.15) is 21.8 Å². The van der Waals surface area contributed by atoms with Crippen LogP contribution < -0.4 is 0 Å². The maximum absolute atomic E-state index is 11.2. The molecular weight excluding hydrogens is 361 g/mol. The van der Waals surface area contributed by atoms with Crippen molar-refractivity contribution in [2.75, 3.05) is 0 Å². The van der Waals surface area contributed by atoms with E-state index in [9.17, 15) is 16.8 Å². The van der Waals surface area contributed by atoms with Crippen molar-refractivity contribution in [3.05, 3.63) is 30.3 Å². The van der Waals surface area contributed by atoms with Gasteiger partial charge in [0.1, 0.15) is 0 Å². The summed E-state index contributed by atoms with van der Waals surface area (Å²) in [5.41, 5.74) is 0.0945. The van der Waals surface area contributed by atoms with E-state index >= 15 is 0 Å². The summed E-state index contributed by atoms with van der Waals surface area (Å²) in [4.78, 5) is 2.78. The molecule has 2 aromatic rings. The molecule has 2 aromatic carbocycles. The molecule has 11 heteroatoms. The third-order valence-electron chi connectivity index (χ3n) is 2.64. The Balaban J connectivity index is 0.00000242. The average Bonchev–Trinajstić information content (AvgIpc) is 2.36. The van der Waals surface area contributed by atoms with Crippen molar-refractivity contribution in [2.45, 2.75) is 9.79 Å². The Labute approximate surface area is 153 Å². The predicted octanol–water partition coefficient (Wildman–Crippen LogP) is 1.42. The van der Waals surface area contributed by atoms with Gasteiger partial charge in [0.2, 0.25) is 0 Å². The van der Waals surface area contributed by atoms with Crippen LogP contribution in [0.1, 0.15) is 0 Å². The number of isothiocyanates is 1. The SMILES string of the molecule is O=S(=O)(O)c1ccc2c(N=C=S)cc(S(=O)(=O)O)cc2c1.[NaH]. The number of aliphatic imine (C=N–C) groups is 1. The fourth-order valence-electron chi connectivity index (χ4n) is 1.75. The van der Waals surface area contributed by atoms with E-state index in [1.807, 2.05) is 0 Å². The van der Waals surface area contributed by atoms with Crippen LogP contribution in [0.15, 0.2) is 45.1 Å². The van der Waals surface area contributed by atoms with E-state index in [0.717, 1.165) is 24.3 Å². The Kier molecular flexibility index (Phi) is 6.01. The average molecular weight is 369 g/mol. The third kappa shape index (κ3) is 4.19. The molecular formula is C11H8NNaO6S3. The number of fused-ring (bicyclic) bond motifs is 1. The van der Waals surface area contributed by atoms with Gasteiger partial charge in [0.05, 0.1) is 20.6 Å². The molecule has 0 heterocycles. The standard InChI is InChI=1S/C11H7NO6S3.Na.H/c13-20(14,15)8-1-2-10-7(3-8)4-9(21(16,17)18)5-11(10)12-6-19;;/h1-5H,(H,13,14,15)(H,16,17,18);;. The van der Waals surface area contributed by atoms with E-state index < -0.39 is 30.0 Å². The van der Waals surface area contributed by atoms with Crippen molar-refractivity contribution in [1.29, 1.82) is 0 Å². The monoisotopic (exact) mass is 369 g/mol. The molecule has 2 N–H and O–H groups in total. The second kappa shape index (κ2) is 6.83. The van der Waals surface area contributed by atoms with Crippen LogP contribution in [-0.4, -0.2) is 60.7 Å². The topological polar surface area (TPSA) is 121 Å². The van der Waals surface area contributed by atoms with Crippen LogP contribution in [0, 0.1) is 0 Å². The number of benzene rings is 2. The summed E-state index contributed by atoms with van der Waals surface area (Å²) in [6.07, 6.45) is 0. The van der Waals surface area contributed by atoms with Gasteiger partial charge in [0, 0.05) is 5.39 Å². The Bertz CT molecular complexity index is 989. The van der Waals surface area contributed by atoms with Crippen molar-refractivity contribution >= 4 is 83.6 Å². The molecule has 0 radical (unpaired) electrons. The number of rotatable bonds is 3. The first-order chi connectivity index (χ1) is 9.63. The zero-order chi connectivity index (χ0) is 15.8. The summed E-state index contributed by atoms with van der Waals surface area (Å²) >= 11 is 4.45. The minimum absolute atomic E-state index is 0. The molecule has 7 nitrogen and oxygen atoms in total. The molecule has 0 aliphatic rings. The second-order valence-electron chi connectivity index (χ2n) is 3.98. The number of thiocarbonyl (C=S) groups is 1. The summed E-state index contributed by atoms with van der Waals surface area (Å²) in [6, 6.07) is 5.65. The van der Waals surface area contributed by atoms with E-state index in [-0.39, 0.29) is 40.6 Å². The summed E-state index contributed by atoms with van der Waals surface area (Å²) < 4.78 is 62.7. The van der Waals surface area contributed by atoms with E-state index in [1.165, 1.54) is 6.07 Å². The van der Waals surface area contributed by atoms with E-state index in [0.29, 0.717) is 5.39 Å². The molecule has 112 valence electrons. The molecule has 0 atom stereocenters. The van der Waals surface area contributed by atoms with Gasteiger partial charge in [-0.3, -0.25) is 9.11 Å². The van der Waals surface area contributed by atoms with Crippen LogP contribution in [0.3, 0.4) is 0 Å². The number of hydrogen-bond acceptors (Lipinski definition) is 6. The van der Waals surface area contributed by atoms with Gasteiger partial charge in [0.15, 0.2) is 0 Å². The Morgan fingerprint density at radius 3 is 2.00 bits per heavy atom. The van der Waals surface area contributed by atoms with E-state index in [4.69, 9.17) is 9.11 Å². The van der Waals surface area contributed by atoms with Crippen LogP contribution >= 0.6 is 12.2 Å². The Hall–Kier alpha value is -0.680. The van der Waals surface area contributed by atoms with Crippen LogP contribution in [0.2, 0.25) is 0 Å². The molecule has 0 aromatic heterocycles. The van der Waals surface area contributed by atoms with Gasteiger partial charge in [-0.15, -0.1) is 0 Å². The van der Waals surface area contributed by atoms with Gasteiger partial charge in [0.25, 0.3) is 20.2 Å². The second-order valence-corrected chi connectivity index (χ2v) is 7.00. The van der Waals surface area contributed by atoms with Gasteiger partial charge in [-0.25, -0.2) is 0 Å². The van der Waals surface area contributed by atoms with Gasteiger partial charge >= 0.3 is 29.6 Å². The maximum atomic E-state index is 11.2. The zero-order valence-corrected chi connectivity index (χ0v) is 12.5. The molecule has 22 heavy (non-hydrogen) atoms. The number of nitrogens with zero attached hydrogens (tertiary/aromatic N) is 1. The third-order valence-corrected chi connectivity index (χ3v) is 4.41. The van der Waals surface area contributed by atoms with Crippen molar-refractivity contribution in [2.24, 2.45) is 4.99 Å². The fourth-order valence-corrected chi connectivity index (χ4v) is 2.90. The van der Waals surface area contributed by atoms with Crippen molar-refractivity contribution in [3.8, 4) is 0 Å². The minimum atomic E-state index is -4.52. The molecule has 0 aliphatic heterocycles. The van der Waals surface area contributed by atoms with Gasteiger partial charge < -0.3 is 0 Å². The quantitative estimate of drug-likeness (QED) is 0.363. The predicted molar refractivity (Wildman–Crippen MR) is 85.4 cm³/mol. The molecule has 0 bridgehead atoms. The van der Waals surface area contributed by atoms with Crippen LogP contribution in [0.4, 0.5) is 5.69 Å². The molecule has 0 saturated heterocycles. The summed E-state index contributed by atoms with van der Waals surface area (Å²) in [5, 5.41) is 2.59. The first-order valence-electron chi connectivity index (χ1n) is 5.23. The molecule has 0 unspecified atom stereocenters. The Morgan fingerprint density at radius 1 is 0.955 bits per heavy atom. The van der Waals surface area contributed by atoms with Gasteiger partial charge in [-0.05, 0) is 41.9 Å². The molecule has 0 saturated carbocycles. The molecule has 0 aliphatic carbocycles. The van der Waals surface area contributed by atoms with Gasteiger partial charge in [-0.1, -0.05) is 6.07 Å². The number of hydrogen-bond donors (Lipinski definition) is 2. The molecule has 0 spiro atoms. The normalized spacial score (nSPS) is 11.5. The van der Waals surface area contributed by atoms with Crippen molar-refractivity contribution in [1.82, 2.24) is 0 Å². The first kappa shape index (κ1) is 19.4. The van der Waals surface area contributed by atoms with E-state index in [2.05, 4.69) is 22.4 Å². The first-order valence-corrected chi connectivity index (χ1v) is 8.52. The van der Waals surface area contributed by atoms with Crippen LogP contribution in [0.5, 0.6) is 0 Å². The summed E-state index contributed by atoms with van der Waals surface area (Å²) in [6.45, 7) is 0. The molecule has 0 amide bonds. The van der Waals surface area contributed by atoms with E-state index in [1.54, 1.807) is 0 Å². The van der Waals surface area contributed by atoms with Crippen molar-refractivity contribution in [3.63, 3.8) is 0 Å². The molecule has 0 fully saturated rings. The van der Waals surface area contributed by atoms with Crippen LogP contribution in [0.25, 0.3) is 10.8 Å². The van der Waals surface area contributed by atoms with Crippen LogP contribution in [-0.2, 0) is 20.2 Å².